The summed E-state index contributed by atoms with van der Waals surface area (Å²) in [7, 11) is 0. The Balaban J connectivity index is 0.00000308. The van der Waals surface area contributed by atoms with Crippen LogP contribution in [0.5, 0.6) is 0 Å². The minimum absolute atomic E-state index is 0. The molecule has 0 amide bonds. The van der Waals surface area contributed by atoms with Crippen LogP contribution in [0.15, 0.2) is 107 Å². The third kappa shape index (κ3) is 4.94. The molecule has 6 rings (SSSR count). The summed E-state index contributed by atoms with van der Waals surface area (Å²) in [5.74, 6) is 0.698. The van der Waals surface area contributed by atoms with Crippen molar-refractivity contribution in [1.82, 2.24) is 14.5 Å². The number of benzene rings is 3. The third-order valence-corrected chi connectivity index (χ3v) is 6.54. The monoisotopic (exact) mass is 692 g/mol. The van der Waals surface area contributed by atoms with Crippen molar-refractivity contribution in [2.45, 2.75) is 16.1 Å². The van der Waals surface area contributed by atoms with Crippen LogP contribution in [0, 0.1) is 12.1 Å². The van der Waals surface area contributed by atoms with Crippen LogP contribution < -0.4 is 0 Å². The maximum atomic E-state index is 13.1. The molecule has 3 heterocycles. The number of nitrogens with zero attached hydrogens (tertiary/aromatic N) is 3. The molecular formula is C29H16F3N3PtS. The fraction of sp³-hybridized carbons (Fsp3) is 0.0345. The van der Waals surface area contributed by atoms with Gasteiger partial charge in [0.15, 0.2) is 0 Å². The van der Waals surface area contributed by atoms with Crippen molar-refractivity contribution in [3.8, 4) is 16.9 Å². The Hall–Kier alpha value is -3.41. The van der Waals surface area contributed by atoms with Crippen LogP contribution in [-0.4, -0.2) is 14.5 Å². The van der Waals surface area contributed by atoms with E-state index in [2.05, 4.69) is 22.1 Å². The van der Waals surface area contributed by atoms with Crippen molar-refractivity contribution in [3.63, 3.8) is 0 Å². The molecule has 0 saturated heterocycles. The van der Waals surface area contributed by atoms with Crippen molar-refractivity contribution in [2.75, 3.05) is 0 Å². The fourth-order valence-electron chi connectivity index (χ4n) is 4.07. The van der Waals surface area contributed by atoms with E-state index in [9.17, 15) is 13.2 Å². The van der Waals surface area contributed by atoms with Crippen molar-refractivity contribution in [1.29, 1.82) is 0 Å². The first-order chi connectivity index (χ1) is 18.3. The molecule has 37 heavy (non-hydrogen) atoms. The molecular weight excluding hydrogens is 674 g/mol. The summed E-state index contributed by atoms with van der Waals surface area (Å²) in [6.07, 6.45) is -1.64. The molecule has 0 aliphatic carbocycles. The van der Waals surface area contributed by atoms with Crippen LogP contribution in [0.25, 0.3) is 38.8 Å². The largest absolute Gasteiger partial charge is 2.00 e. The van der Waals surface area contributed by atoms with E-state index in [0.29, 0.717) is 27.9 Å². The van der Waals surface area contributed by atoms with Gasteiger partial charge in [-0.1, -0.05) is 46.3 Å². The van der Waals surface area contributed by atoms with E-state index in [1.807, 2.05) is 41.0 Å². The van der Waals surface area contributed by atoms with Gasteiger partial charge in [0.05, 0.1) is 12.0 Å². The molecule has 0 radical (unpaired) electrons. The number of aromatic nitrogens is 3. The van der Waals surface area contributed by atoms with Gasteiger partial charge in [-0.3, -0.25) is 0 Å². The third-order valence-electron chi connectivity index (χ3n) is 5.67. The summed E-state index contributed by atoms with van der Waals surface area (Å²) in [5, 5.41) is 1.95. The van der Waals surface area contributed by atoms with Crippen LogP contribution in [-0.2, 0) is 27.2 Å². The summed E-state index contributed by atoms with van der Waals surface area (Å²) in [4.78, 5) is 9.03. The molecule has 8 heteroatoms. The fourth-order valence-corrected chi connectivity index (χ4v) is 4.88. The zero-order valence-corrected chi connectivity index (χ0v) is 21.9. The summed E-state index contributed by atoms with van der Waals surface area (Å²) >= 11 is 1.01. The molecule has 0 saturated carbocycles. The minimum atomic E-state index is -4.47. The summed E-state index contributed by atoms with van der Waals surface area (Å²) in [6.45, 7) is 0. The predicted molar refractivity (Wildman–Crippen MR) is 135 cm³/mol. The number of hydrogen-bond donors (Lipinski definition) is 0. The second-order valence-corrected chi connectivity index (χ2v) is 9.00. The average Bonchev–Trinajstić information content (AvgIpc) is 3.21. The number of halogens is 3. The van der Waals surface area contributed by atoms with Gasteiger partial charge < -0.3 is 4.57 Å². The molecule has 0 bridgehead atoms. The molecule has 3 nitrogen and oxygen atoms in total. The Labute approximate surface area is 232 Å². The number of hydrogen-bond acceptors (Lipinski definition) is 3. The van der Waals surface area contributed by atoms with Gasteiger partial charge in [-0.25, -0.2) is 21.1 Å². The molecule has 0 aliphatic rings. The Morgan fingerprint density at radius 1 is 0.811 bits per heavy atom. The van der Waals surface area contributed by atoms with E-state index in [4.69, 9.17) is 2.74 Å². The van der Waals surface area contributed by atoms with E-state index in [-0.39, 0.29) is 32.1 Å². The molecule has 0 atom stereocenters. The Morgan fingerprint density at radius 2 is 1.68 bits per heavy atom. The first-order valence-corrected chi connectivity index (χ1v) is 11.7. The van der Waals surface area contributed by atoms with E-state index < -0.39 is 11.7 Å². The molecule has 0 fully saturated rings. The first kappa shape index (κ1) is 22.8. The van der Waals surface area contributed by atoms with Crippen LogP contribution in [0.1, 0.15) is 8.30 Å². The Bertz CT molecular complexity index is 1820. The number of fused-ring (bicyclic) bond motifs is 3. The molecule has 3 aromatic heterocycles. The molecule has 0 spiro atoms. The Morgan fingerprint density at radius 3 is 2.49 bits per heavy atom. The van der Waals surface area contributed by atoms with Gasteiger partial charge in [0, 0.05) is 19.3 Å². The summed E-state index contributed by atoms with van der Waals surface area (Å²) < 4.78 is 57.8. The SMILES string of the molecule is [2H]c1cc(Sc2cc(C(F)(F)F)ccn2)[c-]c(-c2[c-]c3c(cc2)c2cc([2H])ccc2n3-c2ccccn2)c1.[Pt+2]. The molecule has 0 N–H and O–H groups in total. The van der Waals surface area contributed by atoms with E-state index in [1.54, 1.807) is 24.4 Å². The smallest absolute Gasteiger partial charge is 0.314 e. The van der Waals surface area contributed by atoms with Crippen molar-refractivity contribution in [3.05, 3.63) is 115 Å². The van der Waals surface area contributed by atoms with Crippen molar-refractivity contribution in [2.24, 2.45) is 0 Å². The van der Waals surface area contributed by atoms with Gasteiger partial charge >= 0.3 is 27.2 Å². The first-order valence-electron chi connectivity index (χ1n) is 11.9. The van der Waals surface area contributed by atoms with Crippen LogP contribution in [0.2, 0.25) is 0 Å². The van der Waals surface area contributed by atoms with Gasteiger partial charge in [-0.15, -0.1) is 12.1 Å². The summed E-state index contributed by atoms with van der Waals surface area (Å²) in [5.41, 5.74) is 2.09. The van der Waals surface area contributed by atoms with Gasteiger partial charge in [0.25, 0.3) is 0 Å². The zero-order valence-electron chi connectivity index (χ0n) is 20.8. The second kappa shape index (κ2) is 10.2. The molecule has 184 valence electrons. The van der Waals surface area contributed by atoms with Crippen LogP contribution in [0.3, 0.4) is 0 Å². The average molecular weight is 693 g/mol. The second-order valence-electron chi connectivity index (χ2n) is 7.94. The number of alkyl halides is 3. The van der Waals surface area contributed by atoms with E-state index in [0.717, 1.165) is 51.9 Å². The maximum absolute atomic E-state index is 13.1. The topological polar surface area (TPSA) is 30.7 Å². The normalized spacial score (nSPS) is 12.3. The maximum Gasteiger partial charge on any atom is 2.00 e. The van der Waals surface area contributed by atoms with Crippen molar-refractivity contribution >= 4 is 33.6 Å². The number of pyridine rings is 2. The van der Waals surface area contributed by atoms with Gasteiger partial charge in [0.1, 0.15) is 5.82 Å². The summed E-state index contributed by atoms with van der Waals surface area (Å²) in [6, 6.07) is 27.1. The number of para-hydroxylation sites is 1. The molecule has 0 aliphatic heterocycles. The van der Waals surface area contributed by atoms with E-state index in [1.165, 1.54) is 6.07 Å². The van der Waals surface area contributed by atoms with E-state index >= 15 is 0 Å². The number of rotatable bonds is 4. The van der Waals surface area contributed by atoms with Gasteiger partial charge in [-0.2, -0.15) is 43.5 Å². The van der Waals surface area contributed by atoms with Gasteiger partial charge in [0.2, 0.25) is 0 Å². The predicted octanol–water partition coefficient (Wildman–Crippen LogP) is 8.01. The standard InChI is InChI=1S/C29H16F3N3S.Pt/c30-29(31,32)21-13-15-34-28(18-21)36-22-7-5-6-19(16-22)20-11-12-24-23-8-1-2-9-25(23)35(26(24)17-20)27-10-3-4-14-33-27;/h1-15,18H;/q-2;+2/i1D,5D;. The molecule has 6 aromatic rings. The quantitative estimate of drug-likeness (QED) is 0.176. The van der Waals surface area contributed by atoms with Crippen molar-refractivity contribution < 1.29 is 37.0 Å². The zero-order chi connectivity index (χ0) is 26.4. The molecule has 0 unspecified atom stereocenters. The minimum Gasteiger partial charge on any atom is -0.314 e. The Kier molecular flexibility index (Phi) is 6.25. The molecule has 3 aromatic carbocycles. The van der Waals surface area contributed by atoms with Gasteiger partial charge in [-0.05, 0) is 41.2 Å². The van der Waals surface area contributed by atoms with Crippen LogP contribution in [0.4, 0.5) is 13.2 Å². The van der Waals surface area contributed by atoms with Crippen LogP contribution >= 0.6 is 11.8 Å².